The summed E-state index contributed by atoms with van der Waals surface area (Å²) < 4.78 is 0. The summed E-state index contributed by atoms with van der Waals surface area (Å²) >= 11 is 1.66. The second kappa shape index (κ2) is 10.7. The minimum absolute atomic E-state index is 0.135. The largest absolute Gasteiger partial charge is 0.369 e. The van der Waals surface area contributed by atoms with Gasteiger partial charge in [0.15, 0.2) is 11.8 Å². The van der Waals surface area contributed by atoms with Crippen LogP contribution in [-0.2, 0) is 11.2 Å². The fourth-order valence-corrected chi connectivity index (χ4v) is 4.96. The number of fused-ring (bicyclic) bond motifs is 1. The number of likely N-dealkylation sites (N-methyl/N-ethyl adjacent to an activating group) is 1. The Morgan fingerprint density at radius 3 is 2.75 bits per heavy atom. The van der Waals surface area contributed by atoms with Crippen molar-refractivity contribution in [1.29, 1.82) is 0 Å². The number of pyridine rings is 1. The van der Waals surface area contributed by atoms with Crippen molar-refractivity contribution in [3.63, 3.8) is 0 Å². The molecule has 0 radical (unpaired) electrons. The zero-order chi connectivity index (χ0) is 22.3. The number of anilines is 1. The topological polar surface area (TPSA) is 60.5 Å². The van der Waals surface area contributed by atoms with Crippen molar-refractivity contribution in [2.75, 3.05) is 25.5 Å². The van der Waals surface area contributed by atoms with Crippen LogP contribution in [0.25, 0.3) is 5.70 Å². The Kier molecular flexibility index (Phi) is 7.50. The van der Waals surface area contributed by atoms with Gasteiger partial charge in [0.05, 0.1) is 5.70 Å². The first-order chi connectivity index (χ1) is 15.7. The number of rotatable bonds is 6. The summed E-state index contributed by atoms with van der Waals surface area (Å²) in [5.74, 6) is 0.998. The van der Waals surface area contributed by atoms with Gasteiger partial charge >= 0.3 is 0 Å². The average Bonchev–Trinajstić information content (AvgIpc) is 3.55. The molecule has 1 saturated heterocycles. The summed E-state index contributed by atoms with van der Waals surface area (Å²) in [6, 6.07) is 14.8. The van der Waals surface area contributed by atoms with Crippen molar-refractivity contribution in [2.24, 2.45) is 0 Å². The van der Waals surface area contributed by atoms with Crippen molar-refractivity contribution < 1.29 is 4.79 Å². The van der Waals surface area contributed by atoms with E-state index >= 15 is 0 Å². The summed E-state index contributed by atoms with van der Waals surface area (Å²) in [5, 5.41) is 8.75. The first kappa shape index (κ1) is 22.4. The molecule has 6 nitrogen and oxygen atoms in total. The molecule has 0 aliphatic carbocycles. The highest BCUT2D eigenvalue weighted by Gasteiger charge is 2.32. The molecular formula is C25H31N5OS. The number of benzene rings is 1. The fourth-order valence-electron chi connectivity index (χ4n) is 4.11. The summed E-state index contributed by atoms with van der Waals surface area (Å²) in [6.07, 6.45) is 8.48. The Bertz CT molecular complexity index is 960. The van der Waals surface area contributed by atoms with E-state index in [9.17, 15) is 4.79 Å². The third-order valence-corrected chi connectivity index (χ3v) is 6.96. The van der Waals surface area contributed by atoms with E-state index in [-0.39, 0.29) is 5.50 Å². The van der Waals surface area contributed by atoms with Crippen molar-refractivity contribution in [3.8, 4) is 0 Å². The molecular weight excluding hydrogens is 418 g/mol. The van der Waals surface area contributed by atoms with Gasteiger partial charge in [0.25, 0.3) is 0 Å². The molecule has 5 rings (SSSR count). The molecule has 2 unspecified atom stereocenters. The summed E-state index contributed by atoms with van der Waals surface area (Å²) in [6.45, 7) is 4.39. The molecule has 32 heavy (non-hydrogen) atoms. The van der Waals surface area contributed by atoms with Gasteiger partial charge in [-0.25, -0.2) is 4.98 Å². The lowest BCUT2D eigenvalue weighted by Gasteiger charge is -2.19. The second-order valence-corrected chi connectivity index (χ2v) is 9.12. The molecule has 2 atom stereocenters. The highest BCUT2D eigenvalue weighted by Crippen LogP contribution is 2.35. The van der Waals surface area contributed by atoms with Gasteiger partial charge < -0.3 is 20.4 Å². The molecule has 0 amide bonds. The first-order valence-corrected chi connectivity index (χ1v) is 12.1. The Hall–Kier alpha value is -2.77. The van der Waals surface area contributed by atoms with Crippen LogP contribution >= 0.6 is 11.8 Å². The number of hydrogen-bond acceptors (Lipinski definition) is 7. The maximum atomic E-state index is 11.2. The van der Waals surface area contributed by atoms with Crippen LogP contribution in [0.3, 0.4) is 0 Å². The number of thioether (sulfide) groups is 1. The Morgan fingerprint density at radius 2 is 2.09 bits per heavy atom. The molecule has 2 N–H and O–H groups in total. The molecule has 3 aliphatic rings. The maximum Gasteiger partial charge on any atom is 0.168 e. The summed E-state index contributed by atoms with van der Waals surface area (Å²) in [7, 11) is 2.20. The van der Waals surface area contributed by atoms with Crippen LogP contribution < -0.4 is 10.6 Å². The van der Waals surface area contributed by atoms with Crippen LogP contribution in [0.1, 0.15) is 30.9 Å². The van der Waals surface area contributed by atoms with E-state index in [2.05, 4.69) is 46.6 Å². The van der Waals surface area contributed by atoms with Crippen molar-refractivity contribution in [3.05, 3.63) is 77.1 Å². The maximum absolute atomic E-state index is 11.2. The molecule has 0 spiro atoms. The molecule has 0 saturated carbocycles. The third-order valence-electron chi connectivity index (χ3n) is 6.08. The average molecular weight is 450 g/mol. The third kappa shape index (κ3) is 5.16. The van der Waals surface area contributed by atoms with E-state index in [1.165, 1.54) is 24.9 Å². The van der Waals surface area contributed by atoms with Gasteiger partial charge in [-0.1, -0.05) is 55.1 Å². The standard InChI is InChI=1S/C13H21N3.C12H10N2OS/c1-3-11-6-7-13(14-9-11)15-10-12-5-4-8-16(12)2;15-8-10-11(9-4-2-1-3-5-9)13-12-14(10)6-7-16-12/h6-7,9,12H,3-5,8,10H2,1-2H3,(H,14,15);1-8,12-13H. The lowest BCUT2D eigenvalue weighted by molar-refractivity contribution is -0.105. The first-order valence-electron chi connectivity index (χ1n) is 11.2. The number of aldehydes is 1. The van der Waals surface area contributed by atoms with E-state index in [1.54, 1.807) is 11.8 Å². The van der Waals surface area contributed by atoms with Gasteiger partial charge in [-0.2, -0.15) is 0 Å². The summed E-state index contributed by atoms with van der Waals surface area (Å²) in [5.41, 5.74) is 4.10. The van der Waals surface area contributed by atoms with Gasteiger partial charge in [-0.3, -0.25) is 4.79 Å². The monoisotopic (exact) mass is 449 g/mol. The number of nitrogens with one attached hydrogen (secondary N) is 2. The number of carbonyl (C=O) groups is 1. The van der Waals surface area contributed by atoms with Crippen LogP contribution in [0.15, 0.2) is 66.0 Å². The Morgan fingerprint density at radius 1 is 1.25 bits per heavy atom. The Balaban J connectivity index is 0.000000153. The fraction of sp³-hybridized carbons (Fsp3) is 0.360. The molecule has 168 valence electrons. The normalized spacial score (nSPS) is 21.8. The lowest BCUT2D eigenvalue weighted by Crippen LogP contribution is -2.31. The summed E-state index contributed by atoms with van der Waals surface area (Å²) in [4.78, 5) is 19.9. The van der Waals surface area contributed by atoms with Crippen LogP contribution in [0.4, 0.5) is 5.82 Å². The second-order valence-electron chi connectivity index (χ2n) is 8.13. The molecule has 1 fully saturated rings. The van der Waals surface area contributed by atoms with E-state index in [0.717, 1.165) is 36.3 Å². The van der Waals surface area contributed by atoms with E-state index < -0.39 is 0 Å². The molecule has 1 aromatic carbocycles. The van der Waals surface area contributed by atoms with E-state index in [1.807, 2.05) is 53.0 Å². The molecule has 0 bridgehead atoms. The number of hydrogen-bond donors (Lipinski definition) is 2. The van der Waals surface area contributed by atoms with Gasteiger partial charge in [0, 0.05) is 25.0 Å². The van der Waals surface area contributed by atoms with E-state index in [4.69, 9.17) is 0 Å². The molecule has 3 aliphatic heterocycles. The predicted molar refractivity (Wildman–Crippen MR) is 133 cm³/mol. The van der Waals surface area contributed by atoms with Crippen LogP contribution in [0, 0.1) is 0 Å². The highest BCUT2D eigenvalue weighted by atomic mass is 32.2. The number of allylic oxidation sites excluding steroid dienone is 1. The van der Waals surface area contributed by atoms with Crippen LogP contribution in [-0.4, -0.2) is 52.7 Å². The minimum atomic E-state index is 0.135. The number of nitrogens with zero attached hydrogens (tertiary/aromatic N) is 3. The van der Waals surface area contributed by atoms with Crippen molar-refractivity contribution in [2.45, 2.75) is 37.7 Å². The van der Waals surface area contributed by atoms with Gasteiger partial charge in [0.2, 0.25) is 0 Å². The quantitative estimate of drug-likeness (QED) is 0.644. The van der Waals surface area contributed by atoms with Crippen LogP contribution in [0.5, 0.6) is 0 Å². The van der Waals surface area contributed by atoms with E-state index in [0.29, 0.717) is 11.7 Å². The number of aromatic nitrogens is 1. The smallest absolute Gasteiger partial charge is 0.168 e. The Labute approximate surface area is 194 Å². The number of carbonyl (C=O) groups excluding carboxylic acids is 1. The molecule has 1 aromatic heterocycles. The lowest BCUT2D eigenvalue weighted by atomic mass is 10.1. The SMILES string of the molecule is CCc1ccc(NCC2CCCN2C)nc1.O=CC1=C(c2ccccc2)NC2SC=CN12. The van der Waals surface area contributed by atoms with Crippen molar-refractivity contribution >= 4 is 29.6 Å². The van der Waals surface area contributed by atoms with Gasteiger partial charge in [-0.15, -0.1) is 0 Å². The number of likely N-dealkylation sites (tertiary alicyclic amines) is 1. The van der Waals surface area contributed by atoms with Crippen LogP contribution in [0.2, 0.25) is 0 Å². The van der Waals surface area contributed by atoms with Gasteiger partial charge in [-0.05, 0) is 55.5 Å². The van der Waals surface area contributed by atoms with Crippen molar-refractivity contribution in [1.82, 2.24) is 20.1 Å². The molecule has 4 heterocycles. The molecule has 7 heteroatoms. The highest BCUT2D eigenvalue weighted by molar-refractivity contribution is 8.02. The minimum Gasteiger partial charge on any atom is -0.369 e. The zero-order valence-electron chi connectivity index (χ0n) is 18.7. The number of aryl methyl sites for hydroxylation is 1. The predicted octanol–water partition coefficient (Wildman–Crippen LogP) is 4.11. The molecule has 2 aromatic rings. The van der Waals surface area contributed by atoms with Gasteiger partial charge in [0.1, 0.15) is 11.5 Å². The zero-order valence-corrected chi connectivity index (χ0v) is 19.5.